The molecule has 3 rings (SSSR count). The molecule has 122 valence electrons. The Morgan fingerprint density at radius 3 is 2.57 bits per heavy atom. The van der Waals surface area contributed by atoms with Gasteiger partial charge in [-0.2, -0.15) is 4.98 Å². The Labute approximate surface area is 134 Å². The summed E-state index contributed by atoms with van der Waals surface area (Å²) in [6.45, 7) is 4.57. The molecule has 0 aromatic carbocycles. The van der Waals surface area contributed by atoms with Crippen molar-refractivity contribution < 1.29 is 9.13 Å². The zero-order valence-electron chi connectivity index (χ0n) is 13.2. The van der Waals surface area contributed by atoms with E-state index in [0.29, 0.717) is 55.9 Å². The van der Waals surface area contributed by atoms with E-state index in [9.17, 15) is 4.39 Å². The van der Waals surface area contributed by atoms with Crippen LogP contribution in [0.1, 0.15) is 12.6 Å². The third-order valence-electron chi connectivity index (χ3n) is 3.87. The van der Waals surface area contributed by atoms with Crippen LogP contribution in [0.3, 0.4) is 0 Å². The van der Waals surface area contributed by atoms with Crippen LogP contribution in [0.5, 0.6) is 5.88 Å². The number of nitrogens with zero attached hydrogens (tertiary/aromatic N) is 6. The van der Waals surface area contributed by atoms with Gasteiger partial charge in [0.15, 0.2) is 11.6 Å². The summed E-state index contributed by atoms with van der Waals surface area (Å²) in [6.07, 6.45) is 3.65. The predicted octanol–water partition coefficient (Wildman–Crippen LogP) is 1.30. The van der Waals surface area contributed by atoms with E-state index in [4.69, 9.17) is 4.74 Å². The minimum Gasteiger partial charge on any atom is -0.481 e. The normalized spacial score (nSPS) is 14.9. The van der Waals surface area contributed by atoms with E-state index >= 15 is 0 Å². The Morgan fingerprint density at radius 2 is 1.87 bits per heavy atom. The third kappa shape index (κ3) is 3.15. The highest BCUT2D eigenvalue weighted by molar-refractivity contribution is 5.44. The highest BCUT2D eigenvalue weighted by Crippen LogP contribution is 2.21. The maximum atomic E-state index is 14.4. The molecule has 1 saturated heterocycles. The van der Waals surface area contributed by atoms with Crippen LogP contribution in [0, 0.1) is 5.82 Å². The van der Waals surface area contributed by atoms with Crippen molar-refractivity contribution in [1.29, 1.82) is 0 Å². The molecule has 2 aromatic heterocycles. The van der Waals surface area contributed by atoms with E-state index < -0.39 is 0 Å². The molecule has 0 N–H and O–H groups in total. The maximum absolute atomic E-state index is 14.4. The molecule has 23 heavy (non-hydrogen) atoms. The van der Waals surface area contributed by atoms with Gasteiger partial charge in [0.05, 0.1) is 12.8 Å². The van der Waals surface area contributed by atoms with Gasteiger partial charge in [0.25, 0.3) is 0 Å². The molecule has 2 aromatic rings. The molecule has 3 heterocycles. The van der Waals surface area contributed by atoms with E-state index in [2.05, 4.69) is 24.8 Å². The first-order chi connectivity index (χ1) is 11.2. The van der Waals surface area contributed by atoms with Crippen molar-refractivity contribution in [2.24, 2.45) is 0 Å². The number of methoxy groups -OCH3 is 1. The lowest BCUT2D eigenvalue weighted by molar-refractivity contribution is 0.396. The smallest absolute Gasteiger partial charge is 0.228 e. The summed E-state index contributed by atoms with van der Waals surface area (Å²) in [6, 6.07) is 1.71. The minimum absolute atomic E-state index is 0.318. The number of piperazine rings is 1. The van der Waals surface area contributed by atoms with Crippen LogP contribution < -0.4 is 14.5 Å². The van der Waals surface area contributed by atoms with Gasteiger partial charge in [-0.05, 0) is 6.42 Å². The fraction of sp³-hybridized carbons (Fsp3) is 0.467. The van der Waals surface area contributed by atoms with E-state index in [1.165, 1.54) is 6.33 Å². The molecule has 1 aliphatic heterocycles. The average molecular weight is 318 g/mol. The second kappa shape index (κ2) is 6.72. The number of rotatable bonds is 4. The minimum atomic E-state index is -0.318. The van der Waals surface area contributed by atoms with Gasteiger partial charge in [0.2, 0.25) is 11.8 Å². The Morgan fingerprint density at radius 1 is 1.13 bits per heavy atom. The second-order valence-electron chi connectivity index (χ2n) is 5.18. The molecule has 0 radical (unpaired) electrons. The van der Waals surface area contributed by atoms with Crippen LogP contribution in [0.4, 0.5) is 16.2 Å². The summed E-state index contributed by atoms with van der Waals surface area (Å²) < 4.78 is 19.5. The lowest BCUT2D eigenvalue weighted by Crippen LogP contribution is -2.47. The van der Waals surface area contributed by atoms with Crippen molar-refractivity contribution in [1.82, 2.24) is 19.9 Å². The highest BCUT2D eigenvalue weighted by Gasteiger charge is 2.23. The number of halogens is 1. The number of aryl methyl sites for hydroxylation is 1. The van der Waals surface area contributed by atoms with Crippen LogP contribution in [0.2, 0.25) is 0 Å². The number of ether oxygens (including phenoxy) is 1. The molecule has 0 bridgehead atoms. The standard InChI is InChI=1S/C15H19FN6O/c1-3-11-13(16)14(19-10-18-11)21-6-8-22(9-7-21)15-17-5-4-12(20-15)23-2/h4-5,10H,3,6-9H2,1-2H3. The van der Waals surface area contributed by atoms with Crippen LogP contribution in [-0.4, -0.2) is 53.2 Å². The van der Waals surface area contributed by atoms with Crippen molar-refractivity contribution in [3.8, 4) is 5.88 Å². The van der Waals surface area contributed by atoms with Gasteiger partial charge in [-0.1, -0.05) is 6.92 Å². The van der Waals surface area contributed by atoms with Gasteiger partial charge in [-0.25, -0.2) is 19.3 Å². The van der Waals surface area contributed by atoms with Gasteiger partial charge in [-0.3, -0.25) is 0 Å². The molecule has 0 saturated carbocycles. The van der Waals surface area contributed by atoms with Crippen molar-refractivity contribution in [3.63, 3.8) is 0 Å². The fourth-order valence-electron chi connectivity index (χ4n) is 2.58. The number of hydrogen-bond acceptors (Lipinski definition) is 7. The highest BCUT2D eigenvalue weighted by atomic mass is 19.1. The number of anilines is 2. The summed E-state index contributed by atoms with van der Waals surface area (Å²) in [5, 5.41) is 0. The monoisotopic (exact) mass is 318 g/mol. The Balaban J connectivity index is 1.71. The summed E-state index contributed by atoms with van der Waals surface area (Å²) in [5.74, 6) is 1.22. The van der Waals surface area contributed by atoms with Crippen molar-refractivity contribution in [3.05, 3.63) is 30.1 Å². The zero-order chi connectivity index (χ0) is 16.2. The van der Waals surface area contributed by atoms with Crippen molar-refractivity contribution in [2.75, 3.05) is 43.1 Å². The third-order valence-corrected chi connectivity index (χ3v) is 3.87. The quantitative estimate of drug-likeness (QED) is 0.842. The SMILES string of the molecule is CCc1ncnc(N2CCN(c3nccc(OC)n3)CC2)c1F. The molecule has 0 atom stereocenters. The van der Waals surface area contributed by atoms with Gasteiger partial charge < -0.3 is 14.5 Å². The first-order valence-electron chi connectivity index (χ1n) is 7.59. The zero-order valence-corrected chi connectivity index (χ0v) is 13.2. The Hall–Kier alpha value is -2.51. The van der Waals surface area contributed by atoms with Gasteiger partial charge in [0.1, 0.15) is 6.33 Å². The number of hydrogen-bond donors (Lipinski definition) is 0. The van der Waals surface area contributed by atoms with E-state index in [1.807, 2.05) is 11.8 Å². The van der Waals surface area contributed by atoms with Gasteiger partial charge in [0, 0.05) is 38.4 Å². The molecular formula is C15H19FN6O. The summed E-state index contributed by atoms with van der Waals surface area (Å²) in [5.41, 5.74) is 0.452. The Bertz CT molecular complexity index is 675. The molecule has 7 nitrogen and oxygen atoms in total. The molecule has 0 amide bonds. The lowest BCUT2D eigenvalue weighted by atomic mass is 10.2. The molecule has 8 heteroatoms. The van der Waals surface area contributed by atoms with E-state index in [1.54, 1.807) is 19.4 Å². The second-order valence-corrected chi connectivity index (χ2v) is 5.18. The first-order valence-corrected chi connectivity index (χ1v) is 7.59. The topological polar surface area (TPSA) is 67.3 Å². The fourth-order valence-corrected chi connectivity index (χ4v) is 2.58. The first kappa shape index (κ1) is 15.4. The number of aromatic nitrogens is 4. The summed E-state index contributed by atoms with van der Waals surface area (Å²) >= 11 is 0. The van der Waals surface area contributed by atoms with Crippen molar-refractivity contribution in [2.45, 2.75) is 13.3 Å². The van der Waals surface area contributed by atoms with E-state index in [0.717, 1.165) is 0 Å². The van der Waals surface area contributed by atoms with Gasteiger partial charge in [-0.15, -0.1) is 0 Å². The Kier molecular flexibility index (Phi) is 4.50. The predicted molar refractivity (Wildman–Crippen MR) is 84.4 cm³/mol. The molecule has 0 spiro atoms. The molecule has 0 aliphatic carbocycles. The van der Waals surface area contributed by atoms with Crippen LogP contribution in [0.25, 0.3) is 0 Å². The van der Waals surface area contributed by atoms with Crippen LogP contribution >= 0.6 is 0 Å². The molecular weight excluding hydrogens is 299 g/mol. The maximum Gasteiger partial charge on any atom is 0.228 e. The van der Waals surface area contributed by atoms with E-state index in [-0.39, 0.29) is 5.82 Å². The molecule has 1 aliphatic rings. The molecule has 1 fully saturated rings. The lowest BCUT2D eigenvalue weighted by Gasteiger charge is -2.35. The average Bonchev–Trinajstić information content (AvgIpc) is 2.62. The van der Waals surface area contributed by atoms with Crippen LogP contribution in [0.15, 0.2) is 18.6 Å². The van der Waals surface area contributed by atoms with Gasteiger partial charge >= 0.3 is 0 Å². The van der Waals surface area contributed by atoms with Crippen molar-refractivity contribution >= 4 is 11.8 Å². The van der Waals surface area contributed by atoms with Crippen LogP contribution in [-0.2, 0) is 6.42 Å². The molecule has 0 unspecified atom stereocenters. The largest absolute Gasteiger partial charge is 0.481 e. The summed E-state index contributed by atoms with van der Waals surface area (Å²) in [7, 11) is 1.58. The summed E-state index contributed by atoms with van der Waals surface area (Å²) in [4.78, 5) is 20.7.